The fraction of sp³-hybridized carbons (Fsp3) is 0.778. The number of aliphatic hydroxyl groups is 2. The lowest BCUT2D eigenvalue weighted by Crippen LogP contribution is -2.28. The van der Waals surface area contributed by atoms with Crippen molar-refractivity contribution in [3.8, 4) is 0 Å². The minimum atomic E-state index is -0.685. The van der Waals surface area contributed by atoms with E-state index in [9.17, 15) is 10.2 Å². The average molecular weight is 156 g/mol. The maximum absolute atomic E-state index is 9.40. The summed E-state index contributed by atoms with van der Waals surface area (Å²) in [4.78, 5) is 0. The van der Waals surface area contributed by atoms with Crippen molar-refractivity contribution in [1.29, 1.82) is 0 Å². The Bertz CT molecular complexity index is 142. The van der Waals surface area contributed by atoms with Crippen molar-refractivity contribution >= 4 is 0 Å². The van der Waals surface area contributed by atoms with Crippen LogP contribution in [-0.4, -0.2) is 22.4 Å². The first-order valence-electron chi connectivity index (χ1n) is 4.25. The second-order valence-electron chi connectivity index (χ2n) is 3.27. The minimum Gasteiger partial charge on any atom is -0.390 e. The zero-order valence-corrected chi connectivity index (χ0v) is 6.79. The molecule has 2 nitrogen and oxygen atoms in total. The molecule has 0 aliphatic heterocycles. The van der Waals surface area contributed by atoms with Gasteiger partial charge in [0.2, 0.25) is 0 Å². The molecule has 1 aliphatic carbocycles. The lowest BCUT2D eigenvalue weighted by molar-refractivity contribution is 0.0300. The van der Waals surface area contributed by atoms with Gasteiger partial charge in [0.15, 0.2) is 0 Å². The summed E-state index contributed by atoms with van der Waals surface area (Å²) in [5, 5.41) is 18.7. The smallest absolute Gasteiger partial charge is 0.101 e. The van der Waals surface area contributed by atoms with E-state index < -0.39 is 12.2 Å². The van der Waals surface area contributed by atoms with Crippen LogP contribution in [-0.2, 0) is 0 Å². The molecule has 64 valence electrons. The van der Waals surface area contributed by atoms with Crippen LogP contribution in [0.4, 0.5) is 0 Å². The predicted molar refractivity (Wildman–Crippen MR) is 44.2 cm³/mol. The number of rotatable bonds is 0. The van der Waals surface area contributed by atoms with Gasteiger partial charge < -0.3 is 10.2 Å². The van der Waals surface area contributed by atoms with E-state index in [1.807, 2.05) is 0 Å². The lowest BCUT2D eigenvalue weighted by Gasteiger charge is -2.22. The van der Waals surface area contributed by atoms with Crippen LogP contribution in [0.3, 0.4) is 0 Å². The Labute approximate surface area is 67.6 Å². The number of aliphatic hydroxyl groups excluding tert-OH is 2. The molecule has 0 bridgehead atoms. The van der Waals surface area contributed by atoms with Gasteiger partial charge in [-0.2, -0.15) is 0 Å². The summed E-state index contributed by atoms with van der Waals surface area (Å²) in [6.07, 6.45) is 3.56. The van der Waals surface area contributed by atoms with Gasteiger partial charge in [-0.15, -0.1) is 0 Å². The Kier molecular flexibility index (Phi) is 3.09. The molecule has 0 heterocycles. The number of hydrogen-bond donors (Lipinski definition) is 2. The van der Waals surface area contributed by atoms with E-state index in [4.69, 9.17) is 0 Å². The zero-order chi connectivity index (χ0) is 8.27. The van der Waals surface area contributed by atoms with E-state index in [-0.39, 0.29) is 0 Å². The van der Waals surface area contributed by atoms with E-state index in [0.29, 0.717) is 6.42 Å². The van der Waals surface area contributed by atoms with Crippen molar-refractivity contribution in [1.82, 2.24) is 0 Å². The van der Waals surface area contributed by atoms with Gasteiger partial charge in [-0.3, -0.25) is 0 Å². The standard InChI is InChI=1S/C9H16O2/c1-7-5-3-2-4-6-8(10)9(7)11/h8-11H,1-6H2/t8-,9+/m0/s1. The molecule has 0 spiro atoms. The first-order valence-corrected chi connectivity index (χ1v) is 4.25. The second-order valence-corrected chi connectivity index (χ2v) is 3.27. The van der Waals surface area contributed by atoms with Gasteiger partial charge in [-0.1, -0.05) is 19.4 Å². The summed E-state index contributed by atoms with van der Waals surface area (Å²) in [6, 6.07) is 0. The van der Waals surface area contributed by atoms with Gasteiger partial charge in [-0.25, -0.2) is 0 Å². The molecular formula is C9H16O2. The Morgan fingerprint density at radius 3 is 2.64 bits per heavy atom. The fourth-order valence-corrected chi connectivity index (χ4v) is 1.46. The van der Waals surface area contributed by atoms with Crippen LogP contribution in [0.15, 0.2) is 12.2 Å². The van der Waals surface area contributed by atoms with Gasteiger partial charge in [0.25, 0.3) is 0 Å². The maximum atomic E-state index is 9.40. The summed E-state index contributed by atoms with van der Waals surface area (Å²) in [5.74, 6) is 0. The van der Waals surface area contributed by atoms with Gasteiger partial charge in [0.1, 0.15) is 6.10 Å². The third kappa shape index (κ3) is 2.31. The molecule has 0 aromatic heterocycles. The summed E-state index contributed by atoms with van der Waals surface area (Å²) >= 11 is 0. The molecule has 0 radical (unpaired) electrons. The molecule has 2 heteroatoms. The molecule has 1 saturated carbocycles. The van der Waals surface area contributed by atoms with Crippen LogP contribution >= 0.6 is 0 Å². The topological polar surface area (TPSA) is 40.5 Å². The van der Waals surface area contributed by atoms with Crippen LogP contribution in [0.25, 0.3) is 0 Å². The first kappa shape index (κ1) is 8.75. The largest absolute Gasteiger partial charge is 0.390 e. The van der Waals surface area contributed by atoms with Gasteiger partial charge in [0.05, 0.1) is 6.10 Å². The van der Waals surface area contributed by atoms with Crippen molar-refractivity contribution in [2.45, 2.75) is 44.3 Å². The molecule has 0 unspecified atom stereocenters. The zero-order valence-electron chi connectivity index (χ0n) is 6.79. The third-order valence-electron chi connectivity index (χ3n) is 2.28. The van der Waals surface area contributed by atoms with Crippen LogP contribution < -0.4 is 0 Å². The Balaban J connectivity index is 2.49. The van der Waals surface area contributed by atoms with Crippen LogP contribution in [0.1, 0.15) is 32.1 Å². The molecule has 0 aromatic carbocycles. The monoisotopic (exact) mass is 156 g/mol. The molecule has 1 aliphatic rings. The third-order valence-corrected chi connectivity index (χ3v) is 2.28. The summed E-state index contributed by atoms with van der Waals surface area (Å²) in [7, 11) is 0. The van der Waals surface area contributed by atoms with Crippen LogP contribution in [0.2, 0.25) is 0 Å². The quantitative estimate of drug-likeness (QED) is 0.518. The molecule has 0 saturated heterocycles. The highest BCUT2D eigenvalue weighted by Crippen LogP contribution is 2.20. The molecule has 11 heavy (non-hydrogen) atoms. The van der Waals surface area contributed by atoms with E-state index in [2.05, 4.69) is 6.58 Å². The molecule has 2 N–H and O–H groups in total. The Morgan fingerprint density at radius 1 is 1.18 bits per heavy atom. The summed E-state index contributed by atoms with van der Waals surface area (Å²) in [6.45, 7) is 3.74. The van der Waals surface area contributed by atoms with Gasteiger partial charge >= 0.3 is 0 Å². The summed E-state index contributed by atoms with van der Waals surface area (Å²) in [5.41, 5.74) is 0.789. The minimum absolute atomic E-state index is 0.581. The van der Waals surface area contributed by atoms with E-state index >= 15 is 0 Å². The highest BCUT2D eigenvalue weighted by Gasteiger charge is 2.20. The van der Waals surface area contributed by atoms with E-state index in [1.54, 1.807) is 0 Å². The summed E-state index contributed by atoms with van der Waals surface area (Å²) < 4.78 is 0. The molecule has 0 aromatic rings. The highest BCUT2D eigenvalue weighted by molar-refractivity contribution is 5.04. The molecule has 2 atom stereocenters. The highest BCUT2D eigenvalue weighted by atomic mass is 16.3. The van der Waals surface area contributed by atoms with Crippen molar-refractivity contribution in [3.63, 3.8) is 0 Å². The predicted octanol–water partition coefficient (Wildman–Crippen LogP) is 1.23. The SMILES string of the molecule is C=C1CCCCC[C@H](O)[C@@H]1O. The Hall–Kier alpha value is -0.340. The average Bonchev–Trinajstić information content (AvgIpc) is 2.00. The van der Waals surface area contributed by atoms with E-state index in [1.165, 1.54) is 0 Å². The first-order chi connectivity index (χ1) is 5.22. The lowest BCUT2D eigenvalue weighted by atomic mass is 9.93. The van der Waals surface area contributed by atoms with Crippen LogP contribution in [0.5, 0.6) is 0 Å². The van der Waals surface area contributed by atoms with Crippen molar-refractivity contribution < 1.29 is 10.2 Å². The molecule has 1 fully saturated rings. The molecule has 1 rings (SSSR count). The fourth-order valence-electron chi connectivity index (χ4n) is 1.46. The van der Waals surface area contributed by atoms with Gasteiger partial charge in [0, 0.05) is 0 Å². The molecular weight excluding hydrogens is 140 g/mol. The number of hydrogen-bond acceptors (Lipinski definition) is 2. The normalized spacial score (nSPS) is 34.5. The maximum Gasteiger partial charge on any atom is 0.101 e. The van der Waals surface area contributed by atoms with Crippen LogP contribution in [0, 0.1) is 0 Å². The van der Waals surface area contributed by atoms with Crippen molar-refractivity contribution in [2.24, 2.45) is 0 Å². The Morgan fingerprint density at radius 2 is 1.91 bits per heavy atom. The second kappa shape index (κ2) is 3.88. The van der Waals surface area contributed by atoms with Crippen molar-refractivity contribution in [2.75, 3.05) is 0 Å². The van der Waals surface area contributed by atoms with E-state index in [0.717, 1.165) is 31.3 Å². The molecule has 0 amide bonds. The van der Waals surface area contributed by atoms with Gasteiger partial charge in [-0.05, 0) is 24.8 Å². The van der Waals surface area contributed by atoms with Crippen molar-refractivity contribution in [3.05, 3.63) is 12.2 Å².